The molecule has 0 radical (unpaired) electrons. The predicted octanol–water partition coefficient (Wildman–Crippen LogP) is 6.27. The lowest BCUT2D eigenvalue weighted by Gasteiger charge is -2.22. The highest BCUT2D eigenvalue weighted by Gasteiger charge is 2.34. The average Bonchev–Trinajstić information content (AvgIpc) is 3.50. The maximum atomic E-state index is 13.5. The second kappa shape index (κ2) is 7.93. The van der Waals surface area contributed by atoms with Gasteiger partial charge < -0.3 is 4.90 Å². The van der Waals surface area contributed by atoms with Gasteiger partial charge in [-0.15, -0.1) is 22.7 Å². The van der Waals surface area contributed by atoms with Gasteiger partial charge in [0.25, 0.3) is 5.91 Å². The number of fused-ring (bicyclic) bond motifs is 1. The molecule has 1 unspecified atom stereocenters. The smallest absolute Gasteiger partial charge is 0.266 e. The van der Waals surface area contributed by atoms with Gasteiger partial charge in [0, 0.05) is 12.1 Å². The minimum absolute atomic E-state index is 0.0590. The van der Waals surface area contributed by atoms with Crippen LogP contribution in [0.15, 0.2) is 48.5 Å². The van der Waals surface area contributed by atoms with Crippen molar-refractivity contribution >= 4 is 38.8 Å². The summed E-state index contributed by atoms with van der Waals surface area (Å²) in [5.41, 5.74) is 4.21. The van der Waals surface area contributed by atoms with Crippen molar-refractivity contribution in [2.75, 3.05) is 6.54 Å². The molecule has 0 aliphatic carbocycles. The first-order valence-electron chi connectivity index (χ1n) is 10.4. The number of thiazole rings is 2. The molecular weight excluding hydrogens is 410 g/mol. The van der Waals surface area contributed by atoms with Crippen LogP contribution in [0.25, 0.3) is 20.8 Å². The maximum absolute atomic E-state index is 13.5. The summed E-state index contributed by atoms with van der Waals surface area (Å²) in [4.78, 5) is 25.8. The molecule has 6 heteroatoms. The number of benzene rings is 2. The molecule has 152 valence electrons. The highest BCUT2D eigenvalue weighted by atomic mass is 32.1. The maximum Gasteiger partial charge on any atom is 0.266 e. The van der Waals surface area contributed by atoms with Crippen molar-refractivity contribution in [2.24, 2.45) is 0 Å². The van der Waals surface area contributed by atoms with Crippen LogP contribution in [0.4, 0.5) is 0 Å². The summed E-state index contributed by atoms with van der Waals surface area (Å²) in [7, 11) is 0. The predicted molar refractivity (Wildman–Crippen MR) is 124 cm³/mol. The number of rotatable bonds is 4. The van der Waals surface area contributed by atoms with E-state index in [0.717, 1.165) is 57.5 Å². The number of amides is 1. The third-order valence-corrected chi connectivity index (χ3v) is 8.04. The number of nitrogens with zero attached hydrogens (tertiary/aromatic N) is 3. The van der Waals surface area contributed by atoms with Crippen LogP contribution < -0.4 is 0 Å². The molecule has 4 nitrogen and oxygen atoms in total. The number of hydrogen-bond donors (Lipinski definition) is 0. The summed E-state index contributed by atoms with van der Waals surface area (Å²) in [6, 6.07) is 16.7. The van der Waals surface area contributed by atoms with Gasteiger partial charge in [0.2, 0.25) is 0 Å². The first-order valence-corrected chi connectivity index (χ1v) is 12.0. The van der Waals surface area contributed by atoms with Gasteiger partial charge in [-0.1, -0.05) is 43.3 Å². The van der Waals surface area contributed by atoms with Gasteiger partial charge in [-0.2, -0.15) is 0 Å². The molecule has 1 atom stereocenters. The lowest BCUT2D eigenvalue weighted by atomic mass is 10.1. The molecule has 1 amide bonds. The van der Waals surface area contributed by atoms with Gasteiger partial charge in [0.15, 0.2) is 0 Å². The molecule has 0 saturated carbocycles. The number of aromatic nitrogens is 2. The number of aryl methyl sites for hydroxylation is 2. The van der Waals surface area contributed by atoms with Crippen LogP contribution in [-0.4, -0.2) is 27.3 Å². The fraction of sp³-hybridized carbons (Fsp3) is 0.292. The van der Waals surface area contributed by atoms with Gasteiger partial charge in [0.1, 0.15) is 14.9 Å². The molecule has 0 spiro atoms. The zero-order valence-corrected chi connectivity index (χ0v) is 18.7. The van der Waals surface area contributed by atoms with Crippen LogP contribution in [0.2, 0.25) is 0 Å². The number of carbonyl (C=O) groups excluding carboxylic acids is 1. The Hall–Kier alpha value is -2.57. The minimum Gasteiger partial charge on any atom is -0.328 e. The van der Waals surface area contributed by atoms with E-state index < -0.39 is 0 Å². The number of carbonyl (C=O) groups is 1. The van der Waals surface area contributed by atoms with Crippen molar-refractivity contribution in [2.45, 2.75) is 39.2 Å². The van der Waals surface area contributed by atoms with Crippen LogP contribution in [0, 0.1) is 6.92 Å². The van der Waals surface area contributed by atoms with E-state index in [2.05, 4.69) is 37.3 Å². The fourth-order valence-corrected chi connectivity index (χ4v) is 6.17. The first-order chi connectivity index (χ1) is 14.6. The lowest BCUT2D eigenvalue weighted by molar-refractivity contribution is 0.0739. The molecule has 1 aliphatic heterocycles. The van der Waals surface area contributed by atoms with E-state index in [1.165, 1.54) is 21.6 Å². The molecule has 0 N–H and O–H groups in total. The van der Waals surface area contributed by atoms with E-state index in [1.807, 2.05) is 30.0 Å². The van der Waals surface area contributed by atoms with Gasteiger partial charge in [-0.3, -0.25) is 4.79 Å². The quantitative estimate of drug-likeness (QED) is 0.381. The SMILES string of the molecule is CCc1ccc(-c2nc(C)c(C(=O)N3CCCC3c3nc4ccccc4s3)s2)cc1. The van der Waals surface area contributed by atoms with Gasteiger partial charge in [-0.05, 0) is 43.9 Å². The fourth-order valence-electron chi connectivity index (χ4n) is 4.03. The van der Waals surface area contributed by atoms with E-state index >= 15 is 0 Å². The van der Waals surface area contributed by atoms with Crippen LogP contribution in [0.5, 0.6) is 0 Å². The minimum atomic E-state index is 0.0590. The summed E-state index contributed by atoms with van der Waals surface area (Å²) >= 11 is 3.21. The van der Waals surface area contributed by atoms with E-state index in [9.17, 15) is 4.79 Å². The largest absolute Gasteiger partial charge is 0.328 e. The zero-order chi connectivity index (χ0) is 20.7. The Kier molecular flexibility index (Phi) is 5.13. The van der Waals surface area contributed by atoms with Crippen LogP contribution >= 0.6 is 22.7 Å². The van der Waals surface area contributed by atoms with Crippen LogP contribution in [0.3, 0.4) is 0 Å². The summed E-state index contributed by atoms with van der Waals surface area (Å²) in [5, 5.41) is 1.95. The molecule has 2 aromatic heterocycles. The highest BCUT2D eigenvalue weighted by Crippen LogP contribution is 2.39. The Morgan fingerprint density at radius 1 is 1.10 bits per heavy atom. The van der Waals surface area contributed by atoms with Crippen molar-refractivity contribution in [3.05, 3.63) is 69.7 Å². The Morgan fingerprint density at radius 3 is 2.67 bits per heavy atom. The molecule has 5 rings (SSSR count). The van der Waals surface area contributed by atoms with Crippen molar-refractivity contribution < 1.29 is 4.79 Å². The lowest BCUT2D eigenvalue weighted by Crippen LogP contribution is -2.30. The summed E-state index contributed by atoms with van der Waals surface area (Å²) in [6.45, 7) is 4.87. The Bertz CT molecular complexity index is 1180. The van der Waals surface area contributed by atoms with E-state index in [-0.39, 0.29) is 11.9 Å². The molecule has 0 bridgehead atoms. The normalized spacial score (nSPS) is 16.5. The Balaban J connectivity index is 1.44. The van der Waals surface area contributed by atoms with Gasteiger partial charge >= 0.3 is 0 Å². The molecule has 3 heterocycles. The third kappa shape index (κ3) is 3.44. The van der Waals surface area contributed by atoms with E-state index in [0.29, 0.717) is 0 Å². The molecular formula is C24H23N3OS2. The zero-order valence-electron chi connectivity index (χ0n) is 17.1. The van der Waals surface area contributed by atoms with Crippen molar-refractivity contribution in [1.29, 1.82) is 0 Å². The Labute approximate surface area is 184 Å². The molecule has 1 saturated heterocycles. The van der Waals surface area contributed by atoms with E-state index in [1.54, 1.807) is 11.3 Å². The number of likely N-dealkylation sites (tertiary alicyclic amines) is 1. The van der Waals surface area contributed by atoms with Gasteiger partial charge in [-0.25, -0.2) is 9.97 Å². The van der Waals surface area contributed by atoms with Crippen molar-refractivity contribution in [1.82, 2.24) is 14.9 Å². The molecule has 2 aromatic carbocycles. The first kappa shape index (κ1) is 19.4. The molecule has 30 heavy (non-hydrogen) atoms. The third-order valence-electron chi connectivity index (χ3n) is 5.71. The monoisotopic (exact) mass is 433 g/mol. The van der Waals surface area contributed by atoms with Crippen molar-refractivity contribution in [3.63, 3.8) is 0 Å². The second-order valence-corrected chi connectivity index (χ2v) is 9.72. The van der Waals surface area contributed by atoms with E-state index in [4.69, 9.17) is 9.97 Å². The molecule has 1 fully saturated rings. The summed E-state index contributed by atoms with van der Waals surface area (Å²) in [5.74, 6) is 0.0863. The highest BCUT2D eigenvalue weighted by molar-refractivity contribution is 7.18. The van der Waals surface area contributed by atoms with Crippen LogP contribution in [0.1, 0.15) is 51.7 Å². The number of hydrogen-bond acceptors (Lipinski definition) is 5. The average molecular weight is 434 g/mol. The van der Waals surface area contributed by atoms with Crippen LogP contribution in [-0.2, 0) is 6.42 Å². The number of para-hydroxylation sites is 1. The summed E-state index contributed by atoms with van der Waals surface area (Å²) in [6.07, 6.45) is 2.99. The standard InChI is InChI=1S/C24H23N3OS2/c1-3-16-10-12-17(13-11-16)22-25-15(2)21(30-22)24(28)27-14-6-8-19(27)23-26-18-7-4-5-9-20(18)29-23/h4-5,7,9-13,19H,3,6,8,14H2,1-2H3. The molecule has 4 aromatic rings. The topological polar surface area (TPSA) is 46.1 Å². The van der Waals surface area contributed by atoms with Crippen molar-refractivity contribution in [3.8, 4) is 10.6 Å². The second-order valence-electron chi connectivity index (χ2n) is 7.66. The molecule has 1 aliphatic rings. The van der Waals surface area contributed by atoms with Gasteiger partial charge in [0.05, 0.1) is 22.0 Å². The Morgan fingerprint density at radius 2 is 1.90 bits per heavy atom. The summed E-state index contributed by atoms with van der Waals surface area (Å²) < 4.78 is 1.18.